The molecule has 1 N–H and O–H groups in total. The van der Waals surface area contributed by atoms with Gasteiger partial charge in [-0.1, -0.05) is 18.2 Å². The second kappa shape index (κ2) is 9.65. The Morgan fingerprint density at radius 3 is 2.34 bits per heavy atom. The van der Waals surface area contributed by atoms with Crippen LogP contribution in [0.3, 0.4) is 0 Å². The fourth-order valence-electron chi connectivity index (χ4n) is 3.86. The molecule has 0 radical (unpaired) electrons. The Hall–Kier alpha value is -2.73. The number of para-hydroxylation sites is 1. The molecule has 0 spiro atoms. The third-order valence-electron chi connectivity index (χ3n) is 5.48. The number of likely N-dealkylation sites (tertiary alicyclic amines) is 1. The maximum absolute atomic E-state index is 12.9. The third-order valence-corrected chi connectivity index (χ3v) is 5.48. The molecule has 0 unspecified atom stereocenters. The summed E-state index contributed by atoms with van der Waals surface area (Å²) in [7, 11) is 7.19. The SMILES string of the molecule is COc1cccc(C(=O)NC[C@@H](c2ccc(N(C)C)cc2)N2CCCC2)c1OC. The van der Waals surface area contributed by atoms with E-state index in [0.29, 0.717) is 23.6 Å². The van der Waals surface area contributed by atoms with Crippen molar-refractivity contribution in [3.63, 3.8) is 0 Å². The fraction of sp³-hybridized carbons (Fsp3) is 0.435. The van der Waals surface area contributed by atoms with Crippen molar-refractivity contribution in [2.45, 2.75) is 18.9 Å². The highest BCUT2D eigenvalue weighted by Gasteiger charge is 2.25. The molecule has 0 aliphatic carbocycles. The zero-order chi connectivity index (χ0) is 20.8. The van der Waals surface area contributed by atoms with Crippen molar-refractivity contribution in [3.05, 3.63) is 53.6 Å². The first-order valence-electron chi connectivity index (χ1n) is 10.1. The Bertz CT molecular complexity index is 815. The number of carbonyl (C=O) groups excluding carboxylic acids is 1. The van der Waals surface area contributed by atoms with Gasteiger partial charge in [-0.15, -0.1) is 0 Å². The normalized spacial score (nSPS) is 15.0. The zero-order valence-electron chi connectivity index (χ0n) is 17.8. The molecule has 0 saturated carbocycles. The van der Waals surface area contributed by atoms with E-state index in [1.807, 2.05) is 14.1 Å². The molecule has 1 saturated heterocycles. The van der Waals surface area contributed by atoms with Gasteiger partial charge in [-0.2, -0.15) is 0 Å². The molecule has 1 atom stereocenters. The molecular weight excluding hydrogens is 366 g/mol. The number of methoxy groups -OCH3 is 2. The number of carbonyl (C=O) groups is 1. The molecule has 2 aromatic rings. The number of hydrogen-bond donors (Lipinski definition) is 1. The number of ether oxygens (including phenoxy) is 2. The van der Waals surface area contributed by atoms with Crippen LogP contribution in [0.1, 0.15) is 34.8 Å². The summed E-state index contributed by atoms with van der Waals surface area (Å²) in [6, 6.07) is 14.1. The predicted molar refractivity (Wildman–Crippen MR) is 116 cm³/mol. The van der Waals surface area contributed by atoms with Gasteiger partial charge in [-0.3, -0.25) is 9.69 Å². The van der Waals surface area contributed by atoms with Crippen molar-refractivity contribution in [3.8, 4) is 11.5 Å². The molecule has 1 fully saturated rings. The molecule has 29 heavy (non-hydrogen) atoms. The largest absolute Gasteiger partial charge is 0.493 e. The lowest BCUT2D eigenvalue weighted by Crippen LogP contribution is -2.37. The van der Waals surface area contributed by atoms with Gasteiger partial charge in [0.25, 0.3) is 5.91 Å². The molecule has 156 valence electrons. The molecule has 1 aliphatic rings. The van der Waals surface area contributed by atoms with Crippen LogP contribution in [0.5, 0.6) is 11.5 Å². The first-order chi connectivity index (χ1) is 14.0. The molecule has 1 aliphatic heterocycles. The van der Waals surface area contributed by atoms with E-state index in [0.717, 1.165) is 13.1 Å². The van der Waals surface area contributed by atoms with Crippen molar-refractivity contribution in [1.29, 1.82) is 0 Å². The van der Waals surface area contributed by atoms with Gasteiger partial charge in [0.1, 0.15) is 0 Å². The summed E-state index contributed by atoms with van der Waals surface area (Å²) in [5, 5.41) is 3.11. The van der Waals surface area contributed by atoms with Crippen molar-refractivity contribution in [2.75, 3.05) is 52.8 Å². The van der Waals surface area contributed by atoms with Crippen LogP contribution in [-0.4, -0.2) is 58.8 Å². The number of nitrogens with one attached hydrogen (secondary N) is 1. The minimum Gasteiger partial charge on any atom is -0.493 e. The number of hydrogen-bond acceptors (Lipinski definition) is 5. The highest BCUT2D eigenvalue weighted by Crippen LogP contribution is 2.31. The second-order valence-electron chi connectivity index (χ2n) is 7.50. The Morgan fingerprint density at radius 1 is 1.07 bits per heavy atom. The lowest BCUT2D eigenvalue weighted by Gasteiger charge is -2.29. The van der Waals surface area contributed by atoms with E-state index in [2.05, 4.69) is 39.4 Å². The maximum Gasteiger partial charge on any atom is 0.255 e. The second-order valence-corrected chi connectivity index (χ2v) is 7.50. The number of nitrogens with zero attached hydrogens (tertiary/aromatic N) is 2. The van der Waals surface area contributed by atoms with Crippen molar-refractivity contribution < 1.29 is 14.3 Å². The van der Waals surface area contributed by atoms with Crippen LogP contribution in [-0.2, 0) is 0 Å². The quantitative estimate of drug-likeness (QED) is 0.740. The molecule has 6 heteroatoms. The van der Waals surface area contributed by atoms with Crippen LogP contribution < -0.4 is 19.7 Å². The Labute approximate surface area is 173 Å². The average molecular weight is 398 g/mol. The summed E-state index contributed by atoms with van der Waals surface area (Å²) in [5.41, 5.74) is 2.87. The molecule has 2 aromatic carbocycles. The van der Waals surface area contributed by atoms with Crippen LogP contribution in [0.2, 0.25) is 0 Å². The zero-order valence-corrected chi connectivity index (χ0v) is 17.8. The van der Waals surface area contributed by atoms with Crippen LogP contribution in [0.4, 0.5) is 5.69 Å². The first kappa shape index (κ1) is 21.0. The fourth-order valence-corrected chi connectivity index (χ4v) is 3.86. The van der Waals surface area contributed by atoms with E-state index in [-0.39, 0.29) is 11.9 Å². The van der Waals surface area contributed by atoms with Crippen molar-refractivity contribution >= 4 is 11.6 Å². The highest BCUT2D eigenvalue weighted by atomic mass is 16.5. The molecule has 3 rings (SSSR count). The Morgan fingerprint density at radius 2 is 1.76 bits per heavy atom. The van der Waals surface area contributed by atoms with E-state index in [1.165, 1.54) is 24.1 Å². The standard InChI is InChI=1S/C23H31N3O3/c1-25(2)18-12-10-17(11-13-18)20(26-14-5-6-15-26)16-24-23(27)19-8-7-9-21(28-3)22(19)29-4/h7-13,20H,5-6,14-16H2,1-4H3,(H,24,27)/t20-/m0/s1. The molecule has 0 bridgehead atoms. The summed E-state index contributed by atoms with van der Waals surface area (Å²) >= 11 is 0. The van der Waals surface area contributed by atoms with Gasteiger partial charge >= 0.3 is 0 Å². The summed E-state index contributed by atoms with van der Waals surface area (Å²) in [4.78, 5) is 17.5. The molecule has 0 aromatic heterocycles. The van der Waals surface area contributed by atoms with Gasteiger partial charge in [-0.25, -0.2) is 0 Å². The average Bonchev–Trinajstić information content (AvgIpc) is 3.27. The van der Waals surface area contributed by atoms with Crippen LogP contribution in [0.15, 0.2) is 42.5 Å². The summed E-state index contributed by atoms with van der Waals surface area (Å²) < 4.78 is 10.7. The predicted octanol–water partition coefficient (Wildman–Crippen LogP) is 3.34. The van der Waals surface area contributed by atoms with E-state index >= 15 is 0 Å². The monoisotopic (exact) mass is 397 g/mol. The van der Waals surface area contributed by atoms with Gasteiger partial charge in [0, 0.05) is 26.3 Å². The molecule has 6 nitrogen and oxygen atoms in total. The number of rotatable bonds is 8. The summed E-state index contributed by atoms with van der Waals surface area (Å²) in [6.07, 6.45) is 2.40. The van der Waals surface area contributed by atoms with Gasteiger partial charge in [-0.05, 0) is 55.8 Å². The maximum atomic E-state index is 12.9. The lowest BCUT2D eigenvalue weighted by molar-refractivity contribution is 0.0934. The minimum atomic E-state index is -0.158. The van der Waals surface area contributed by atoms with Gasteiger partial charge in [0.15, 0.2) is 11.5 Å². The molecule has 1 amide bonds. The van der Waals surface area contributed by atoms with Crippen LogP contribution in [0, 0.1) is 0 Å². The molecule has 1 heterocycles. The summed E-state index contributed by atoms with van der Waals surface area (Å²) in [6.45, 7) is 2.65. The first-order valence-corrected chi connectivity index (χ1v) is 10.1. The van der Waals surface area contributed by atoms with Crippen LogP contribution >= 0.6 is 0 Å². The van der Waals surface area contributed by atoms with Gasteiger partial charge < -0.3 is 19.7 Å². The van der Waals surface area contributed by atoms with Crippen LogP contribution in [0.25, 0.3) is 0 Å². The highest BCUT2D eigenvalue weighted by molar-refractivity contribution is 5.97. The van der Waals surface area contributed by atoms with E-state index < -0.39 is 0 Å². The van der Waals surface area contributed by atoms with Crippen molar-refractivity contribution in [2.24, 2.45) is 0 Å². The Kier molecular flexibility index (Phi) is 6.99. The van der Waals surface area contributed by atoms with E-state index in [1.54, 1.807) is 32.4 Å². The minimum absolute atomic E-state index is 0.147. The van der Waals surface area contributed by atoms with E-state index in [4.69, 9.17) is 9.47 Å². The van der Waals surface area contributed by atoms with Gasteiger partial charge in [0.2, 0.25) is 0 Å². The van der Waals surface area contributed by atoms with Crippen molar-refractivity contribution in [1.82, 2.24) is 10.2 Å². The number of anilines is 1. The topological polar surface area (TPSA) is 54.0 Å². The lowest BCUT2D eigenvalue weighted by atomic mass is 10.0. The van der Waals surface area contributed by atoms with E-state index in [9.17, 15) is 4.79 Å². The Balaban J connectivity index is 1.78. The smallest absolute Gasteiger partial charge is 0.255 e. The third kappa shape index (κ3) is 4.82. The number of amides is 1. The molecular formula is C23H31N3O3. The van der Waals surface area contributed by atoms with Gasteiger partial charge in [0.05, 0.1) is 25.8 Å². The number of benzene rings is 2. The summed E-state index contributed by atoms with van der Waals surface area (Å²) in [5.74, 6) is 0.853.